The summed E-state index contributed by atoms with van der Waals surface area (Å²) in [5.41, 5.74) is 0. The molecule has 8 heteroatoms. The molecule has 1 aliphatic heterocycles. The van der Waals surface area contributed by atoms with Crippen LogP contribution < -0.4 is 10.6 Å². The molecule has 0 radical (unpaired) electrons. The lowest BCUT2D eigenvalue weighted by molar-refractivity contribution is -0.139. The molecule has 0 aromatic carbocycles. The Labute approximate surface area is 168 Å². The Morgan fingerprint density at radius 2 is 1.75 bits per heavy atom. The zero-order valence-electron chi connectivity index (χ0n) is 17.6. The second-order valence-electron chi connectivity index (χ2n) is 7.43. The number of carbonyl (C=O) groups is 3. The minimum Gasteiger partial charge on any atom is -0.378 e. The highest BCUT2D eigenvalue weighted by Gasteiger charge is 2.39. The van der Waals surface area contributed by atoms with Gasteiger partial charge in [-0.05, 0) is 25.8 Å². The number of ether oxygens (including phenoxy) is 2. The van der Waals surface area contributed by atoms with Crippen LogP contribution in [0.25, 0.3) is 0 Å². The van der Waals surface area contributed by atoms with E-state index in [4.69, 9.17) is 9.47 Å². The summed E-state index contributed by atoms with van der Waals surface area (Å²) in [5, 5.41) is 5.82. The molecule has 0 bridgehead atoms. The van der Waals surface area contributed by atoms with Crippen LogP contribution in [0.15, 0.2) is 0 Å². The number of carbonyl (C=O) groups excluding carboxylic acids is 3. The van der Waals surface area contributed by atoms with Gasteiger partial charge in [0.25, 0.3) is 0 Å². The van der Waals surface area contributed by atoms with E-state index in [-0.39, 0.29) is 29.6 Å². The summed E-state index contributed by atoms with van der Waals surface area (Å²) in [6.07, 6.45) is 3.09. The van der Waals surface area contributed by atoms with E-state index in [9.17, 15) is 14.4 Å². The van der Waals surface area contributed by atoms with Crippen molar-refractivity contribution in [2.45, 2.75) is 46.0 Å². The Balaban J connectivity index is 1.97. The molecule has 1 heterocycles. The van der Waals surface area contributed by atoms with Crippen molar-refractivity contribution in [1.29, 1.82) is 0 Å². The van der Waals surface area contributed by atoms with Gasteiger partial charge in [-0.3, -0.25) is 19.3 Å². The van der Waals surface area contributed by atoms with Gasteiger partial charge in [0.2, 0.25) is 17.7 Å². The summed E-state index contributed by atoms with van der Waals surface area (Å²) in [7, 11) is 1.87. The largest absolute Gasteiger partial charge is 0.378 e. The van der Waals surface area contributed by atoms with Gasteiger partial charge in [-0.1, -0.05) is 20.3 Å². The number of amides is 3. The van der Waals surface area contributed by atoms with Crippen molar-refractivity contribution in [3.05, 3.63) is 0 Å². The second kappa shape index (κ2) is 14.5. The molecule has 28 heavy (non-hydrogen) atoms. The van der Waals surface area contributed by atoms with Crippen LogP contribution in [0.1, 0.15) is 46.0 Å². The molecule has 1 saturated heterocycles. The predicted octanol–water partition coefficient (Wildman–Crippen LogP) is 0.947. The molecule has 0 aromatic heterocycles. The summed E-state index contributed by atoms with van der Waals surface area (Å²) in [4.78, 5) is 37.3. The molecule has 0 saturated carbocycles. The maximum absolute atomic E-state index is 12.2. The molecule has 8 nitrogen and oxygen atoms in total. The first-order valence-electron chi connectivity index (χ1n) is 10.4. The highest BCUT2D eigenvalue weighted by molar-refractivity contribution is 6.03. The van der Waals surface area contributed by atoms with E-state index < -0.39 is 0 Å². The summed E-state index contributed by atoms with van der Waals surface area (Å²) in [6, 6.07) is 0. The first-order valence-corrected chi connectivity index (χ1v) is 10.4. The summed E-state index contributed by atoms with van der Waals surface area (Å²) in [5.74, 6) is -0.0680. The van der Waals surface area contributed by atoms with Crippen LogP contribution in [-0.4, -0.2) is 75.7 Å². The summed E-state index contributed by atoms with van der Waals surface area (Å²) >= 11 is 0. The number of unbranched alkanes of at least 4 members (excludes halogenated alkanes) is 2. The Bertz CT molecular complexity index is 484. The van der Waals surface area contributed by atoms with Crippen molar-refractivity contribution >= 4 is 17.7 Å². The van der Waals surface area contributed by atoms with Gasteiger partial charge in [0, 0.05) is 38.4 Å². The van der Waals surface area contributed by atoms with Crippen LogP contribution in [0.3, 0.4) is 0 Å². The molecule has 1 rings (SSSR count). The lowest BCUT2D eigenvalue weighted by Crippen LogP contribution is -2.32. The monoisotopic (exact) mass is 399 g/mol. The zero-order chi connectivity index (χ0) is 20.8. The molecule has 1 atom stereocenters. The molecule has 0 aromatic rings. The van der Waals surface area contributed by atoms with Gasteiger partial charge < -0.3 is 20.1 Å². The molecule has 1 aliphatic rings. The smallest absolute Gasteiger partial charge is 0.233 e. The van der Waals surface area contributed by atoms with Crippen LogP contribution >= 0.6 is 0 Å². The fraction of sp³-hybridized carbons (Fsp3) is 0.850. The summed E-state index contributed by atoms with van der Waals surface area (Å²) in [6.45, 7) is 7.92. The van der Waals surface area contributed by atoms with Gasteiger partial charge in [0.05, 0.1) is 26.4 Å². The van der Waals surface area contributed by atoms with E-state index in [0.29, 0.717) is 52.4 Å². The number of likely N-dealkylation sites (tertiary alicyclic amines) is 1. The first-order chi connectivity index (χ1) is 13.5. The molecular weight excluding hydrogens is 362 g/mol. The van der Waals surface area contributed by atoms with E-state index in [1.165, 1.54) is 4.90 Å². The summed E-state index contributed by atoms with van der Waals surface area (Å²) < 4.78 is 10.7. The second-order valence-corrected chi connectivity index (χ2v) is 7.43. The van der Waals surface area contributed by atoms with E-state index in [0.717, 1.165) is 25.8 Å². The van der Waals surface area contributed by atoms with Crippen molar-refractivity contribution < 1.29 is 23.9 Å². The number of hydrogen-bond acceptors (Lipinski definition) is 6. The predicted molar refractivity (Wildman–Crippen MR) is 107 cm³/mol. The lowest BCUT2D eigenvalue weighted by Gasteiger charge is -2.16. The number of rotatable bonds is 16. The third kappa shape index (κ3) is 9.61. The Hall–Kier alpha value is -1.51. The minimum atomic E-state index is -0.166. The van der Waals surface area contributed by atoms with Gasteiger partial charge in [0.15, 0.2) is 0 Å². The standard InChI is InChI=1S/C20H37N3O5/c1-16(2)17-15-19(25)23(20(17)26)10-6-4-5-7-18(24)22-9-12-28-14-13-27-11-8-21-3/h16-17,21H,4-15H2,1-3H3,(H,22,24). The molecule has 1 unspecified atom stereocenters. The minimum absolute atomic E-state index is 0.00191. The van der Waals surface area contributed by atoms with Crippen molar-refractivity contribution in [1.82, 2.24) is 15.5 Å². The van der Waals surface area contributed by atoms with Gasteiger partial charge in [-0.15, -0.1) is 0 Å². The Morgan fingerprint density at radius 3 is 2.36 bits per heavy atom. The molecular formula is C20H37N3O5. The van der Waals surface area contributed by atoms with Gasteiger partial charge in [0.1, 0.15) is 0 Å². The SMILES string of the molecule is CNCCOCCOCCNC(=O)CCCCCN1C(=O)CC(C(C)C)C1=O. The molecule has 0 spiro atoms. The lowest BCUT2D eigenvalue weighted by atomic mass is 9.94. The van der Waals surface area contributed by atoms with Crippen LogP contribution in [0.5, 0.6) is 0 Å². The van der Waals surface area contributed by atoms with Crippen LogP contribution in [0.2, 0.25) is 0 Å². The van der Waals surface area contributed by atoms with E-state index in [1.54, 1.807) is 0 Å². The molecule has 162 valence electrons. The fourth-order valence-corrected chi connectivity index (χ4v) is 3.04. The van der Waals surface area contributed by atoms with Crippen LogP contribution in [-0.2, 0) is 23.9 Å². The Kier molecular flexibility index (Phi) is 12.7. The van der Waals surface area contributed by atoms with E-state index in [1.807, 2.05) is 20.9 Å². The fourth-order valence-electron chi connectivity index (χ4n) is 3.04. The maximum atomic E-state index is 12.2. The van der Waals surface area contributed by atoms with Crippen molar-refractivity contribution in [3.63, 3.8) is 0 Å². The highest BCUT2D eigenvalue weighted by atomic mass is 16.5. The zero-order valence-corrected chi connectivity index (χ0v) is 17.6. The normalized spacial score (nSPS) is 17.0. The third-order valence-electron chi connectivity index (χ3n) is 4.81. The van der Waals surface area contributed by atoms with Gasteiger partial charge >= 0.3 is 0 Å². The van der Waals surface area contributed by atoms with Crippen molar-refractivity contribution in [2.24, 2.45) is 11.8 Å². The van der Waals surface area contributed by atoms with Crippen LogP contribution in [0, 0.1) is 11.8 Å². The number of nitrogens with zero attached hydrogens (tertiary/aromatic N) is 1. The van der Waals surface area contributed by atoms with Crippen molar-refractivity contribution in [2.75, 3.05) is 53.1 Å². The molecule has 2 N–H and O–H groups in total. The van der Waals surface area contributed by atoms with Gasteiger partial charge in [-0.2, -0.15) is 0 Å². The molecule has 3 amide bonds. The average Bonchev–Trinajstić information content (AvgIpc) is 2.94. The molecule has 1 fully saturated rings. The topological polar surface area (TPSA) is 97.0 Å². The van der Waals surface area contributed by atoms with Crippen molar-refractivity contribution in [3.8, 4) is 0 Å². The van der Waals surface area contributed by atoms with Crippen LogP contribution in [0.4, 0.5) is 0 Å². The highest BCUT2D eigenvalue weighted by Crippen LogP contribution is 2.26. The first kappa shape index (κ1) is 24.5. The van der Waals surface area contributed by atoms with Gasteiger partial charge in [-0.25, -0.2) is 0 Å². The Morgan fingerprint density at radius 1 is 1.07 bits per heavy atom. The molecule has 0 aliphatic carbocycles. The quantitative estimate of drug-likeness (QED) is 0.296. The number of likely N-dealkylation sites (N-methyl/N-ethyl adjacent to an activating group) is 1. The van der Waals surface area contributed by atoms with E-state index in [2.05, 4.69) is 10.6 Å². The third-order valence-corrected chi connectivity index (χ3v) is 4.81. The number of nitrogens with one attached hydrogen (secondary N) is 2. The number of imide groups is 1. The average molecular weight is 400 g/mol. The maximum Gasteiger partial charge on any atom is 0.233 e. The number of hydrogen-bond donors (Lipinski definition) is 2. The van der Waals surface area contributed by atoms with E-state index >= 15 is 0 Å².